The molecular weight excluding hydrogens is 264 g/mol. The van der Waals surface area contributed by atoms with Crippen LogP contribution in [0.15, 0.2) is 42.5 Å². The molecule has 5 heteroatoms. The third kappa shape index (κ3) is 3.32. The summed E-state index contributed by atoms with van der Waals surface area (Å²) in [5.74, 6) is -1.29. The molecule has 0 aromatic heterocycles. The molecule has 3 nitrogen and oxygen atoms in total. The molecule has 0 fully saturated rings. The van der Waals surface area contributed by atoms with E-state index in [0.717, 1.165) is 0 Å². The molecule has 1 amide bonds. The van der Waals surface area contributed by atoms with Gasteiger partial charge in [-0.1, -0.05) is 12.1 Å². The number of carbonyl (C=O) groups excluding carboxylic acids is 1. The maximum Gasteiger partial charge on any atom is 0.251 e. The predicted molar refractivity (Wildman–Crippen MR) is 70.5 cm³/mol. The van der Waals surface area contributed by atoms with Gasteiger partial charge in [-0.15, -0.1) is 0 Å². The fourth-order valence-corrected chi connectivity index (χ4v) is 1.86. The minimum atomic E-state index is -0.806. The van der Waals surface area contributed by atoms with E-state index in [1.807, 2.05) is 0 Å². The molecule has 104 valence electrons. The highest BCUT2D eigenvalue weighted by atomic mass is 19.1. The molecule has 0 spiro atoms. The third-order valence-corrected chi connectivity index (χ3v) is 2.80. The number of hydrogen-bond donors (Lipinski definition) is 1. The van der Waals surface area contributed by atoms with Crippen LogP contribution in [0, 0.1) is 11.6 Å². The van der Waals surface area contributed by atoms with Crippen LogP contribution in [0.25, 0.3) is 0 Å². The molecule has 0 aliphatic heterocycles. The lowest BCUT2D eigenvalue weighted by Gasteiger charge is -2.09. The van der Waals surface area contributed by atoms with Gasteiger partial charge in [0.05, 0.1) is 12.2 Å². The molecule has 2 aromatic carbocycles. The number of rotatable bonds is 5. The summed E-state index contributed by atoms with van der Waals surface area (Å²) in [6.07, 6.45) is 0.327. The lowest BCUT2D eigenvalue weighted by molar-refractivity contribution is 0.0995. The number of hydrogen-bond acceptors (Lipinski definition) is 2. The first-order valence-corrected chi connectivity index (χ1v) is 6.03. The van der Waals surface area contributed by atoms with Gasteiger partial charge in [0, 0.05) is 6.42 Å². The smallest absolute Gasteiger partial charge is 0.251 e. The number of ether oxygens (including phenoxy) is 1. The largest absolute Gasteiger partial charge is 0.493 e. The summed E-state index contributed by atoms with van der Waals surface area (Å²) in [6.45, 7) is 0.232. The molecule has 0 aliphatic rings. The quantitative estimate of drug-likeness (QED) is 0.913. The van der Waals surface area contributed by atoms with Crippen molar-refractivity contribution in [2.24, 2.45) is 5.73 Å². The van der Waals surface area contributed by atoms with Gasteiger partial charge in [0.1, 0.15) is 17.4 Å². The van der Waals surface area contributed by atoms with Gasteiger partial charge >= 0.3 is 0 Å². The van der Waals surface area contributed by atoms with Crippen LogP contribution in [0.3, 0.4) is 0 Å². The van der Waals surface area contributed by atoms with Crippen LogP contribution in [0.1, 0.15) is 15.9 Å². The monoisotopic (exact) mass is 277 g/mol. The van der Waals surface area contributed by atoms with Crippen LogP contribution in [0.5, 0.6) is 5.75 Å². The lowest BCUT2D eigenvalue weighted by Crippen LogP contribution is -2.17. The number of primary amides is 1. The lowest BCUT2D eigenvalue weighted by atomic mass is 10.0. The van der Waals surface area contributed by atoms with E-state index in [9.17, 15) is 13.6 Å². The summed E-state index contributed by atoms with van der Waals surface area (Å²) >= 11 is 0. The second-order valence-electron chi connectivity index (χ2n) is 4.19. The Morgan fingerprint density at radius 1 is 1.10 bits per heavy atom. The van der Waals surface area contributed by atoms with E-state index < -0.39 is 11.7 Å². The van der Waals surface area contributed by atoms with Crippen molar-refractivity contribution in [1.82, 2.24) is 0 Å². The Labute approximate surface area is 115 Å². The van der Waals surface area contributed by atoms with Crippen LogP contribution in [0.4, 0.5) is 8.78 Å². The minimum absolute atomic E-state index is 0.116. The van der Waals surface area contributed by atoms with Crippen LogP contribution in [-0.4, -0.2) is 12.5 Å². The summed E-state index contributed by atoms with van der Waals surface area (Å²) in [5, 5.41) is 0. The Morgan fingerprint density at radius 3 is 2.45 bits per heavy atom. The summed E-state index contributed by atoms with van der Waals surface area (Å²) in [6, 6.07) is 9.88. The summed E-state index contributed by atoms with van der Waals surface area (Å²) in [4.78, 5) is 11.2. The molecule has 20 heavy (non-hydrogen) atoms. The Hall–Kier alpha value is -2.43. The standard InChI is InChI=1S/C15H13F2NO2/c16-11-4-6-12(7-5-11)20-9-8-10-2-1-3-13(17)14(10)15(18)19/h1-7H,8-9H2,(H2,18,19). The van der Waals surface area contributed by atoms with E-state index in [0.29, 0.717) is 17.7 Å². The molecule has 0 saturated carbocycles. The number of amides is 1. The zero-order valence-corrected chi connectivity index (χ0v) is 10.6. The average Bonchev–Trinajstić information content (AvgIpc) is 2.40. The minimum Gasteiger partial charge on any atom is -0.493 e. The van der Waals surface area contributed by atoms with Crippen molar-refractivity contribution in [3.63, 3.8) is 0 Å². The summed E-state index contributed by atoms with van der Waals surface area (Å²) in [5.41, 5.74) is 5.52. The van der Waals surface area contributed by atoms with Crippen LogP contribution >= 0.6 is 0 Å². The molecule has 0 bridgehead atoms. The Kier molecular flexibility index (Phi) is 4.30. The molecule has 0 unspecified atom stereocenters. The maximum atomic E-state index is 13.5. The first-order valence-electron chi connectivity index (χ1n) is 6.03. The molecule has 2 rings (SSSR count). The van der Waals surface area contributed by atoms with Gasteiger partial charge in [-0.25, -0.2) is 8.78 Å². The van der Waals surface area contributed by atoms with Gasteiger partial charge in [-0.05, 0) is 35.9 Å². The van der Waals surface area contributed by atoms with Gasteiger partial charge in [0.25, 0.3) is 5.91 Å². The topological polar surface area (TPSA) is 52.3 Å². The first-order chi connectivity index (χ1) is 9.58. The van der Waals surface area contributed by atoms with Gasteiger partial charge in [0.15, 0.2) is 0 Å². The summed E-state index contributed by atoms with van der Waals surface area (Å²) in [7, 11) is 0. The zero-order chi connectivity index (χ0) is 14.5. The van der Waals surface area contributed by atoms with E-state index in [2.05, 4.69) is 0 Å². The van der Waals surface area contributed by atoms with Crippen molar-refractivity contribution < 1.29 is 18.3 Å². The SMILES string of the molecule is NC(=O)c1c(F)cccc1CCOc1ccc(F)cc1. The molecule has 0 atom stereocenters. The van der Waals surface area contributed by atoms with Crippen molar-refractivity contribution in [3.05, 3.63) is 65.2 Å². The third-order valence-electron chi connectivity index (χ3n) is 2.80. The van der Waals surface area contributed by atoms with Crippen LogP contribution in [-0.2, 0) is 6.42 Å². The molecule has 0 radical (unpaired) electrons. The highest BCUT2D eigenvalue weighted by Gasteiger charge is 2.13. The second kappa shape index (κ2) is 6.14. The zero-order valence-electron chi connectivity index (χ0n) is 10.6. The van der Waals surface area contributed by atoms with Crippen molar-refractivity contribution in [1.29, 1.82) is 0 Å². The summed E-state index contributed by atoms with van der Waals surface area (Å²) < 4.78 is 31.6. The fourth-order valence-electron chi connectivity index (χ4n) is 1.86. The van der Waals surface area contributed by atoms with Gasteiger partial charge in [-0.2, -0.15) is 0 Å². The van der Waals surface area contributed by atoms with Gasteiger partial charge in [-0.3, -0.25) is 4.79 Å². The van der Waals surface area contributed by atoms with Gasteiger partial charge < -0.3 is 10.5 Å². The first kappa shape index (κ1) is 14.0. The maximum absolute atomic E-state index is 13.5. The molecule has 0 aliphatic carbocycles. The Morgan fingerprint density at radius 2 is 1.80 bits per heavy atom. The van der Waals surface area contributed by atoms with Crippen molar-refractivity contribution in [3.8, 4) is 5.75 Å². The fraction of sp³-hybridized carbons (Fsp3) is 0.133. The normalized spacial score (nSPS) is 10.3. The van der Waals surface area contributed by atoms with Crippen molar-refractivity contribution in [2.75, 3.05) is 6.61 Å². The van der Waals surface area contributed by atoms with E-state index in [1.165, 1.54) is 36.4 Å². The molecule has 2 aromatic rings. The molecule has 2 N–H and O–H groups in total. The number of halogens is 2. The van der Waals surface area contributed by atoms with Crippen molar-refractivity contribution in [2.45, 2.75) is 6.42 Å². The van der Waals surface area contributed by atoms with Crippen LogP contribution in [0.2, 0.25) is 0 Å². The number of benzene rings is 2. The highest BCUT2D eigenvalue weighted by molar-refractivity contribution is 5.94. The van der Waals surface area contributed by atoms with E-state index in [4.69, 9.17) is 10.5 Å². The number of carbonyl (C=O) groups is 1. The highest BCUT2D eigenvalue weighted by Crippen LogP contribution is 2.15. The Bertz CT molecular complexity index is 612. The molecule has 0 heterocycles. The average molecular weight is 277 g/mol. The Balaban J connectivity index is 2.02. The molecule has 0 saturated heterocycles. The van der Waals surface area contributed by atoms with E-state index >= 15 is 0 Å². The van der Waals surface area contributed by atoms with Crippen LogP contribution < -0.4 is 10.5 Å². The van der Waals surface area contributed by atoms with E-state index in [-0.39, 0.29) is 18.0 Å². The second-order valence-corrected chi connectivity index (χ2v) is 4.19. The molecular formula is C15H13F2NO2. The number of nitrogens with two attached hydrogens (primary N) is 1. The van der Waals surface area contributed by atoms with E-state index in [1.54, 1.807) is 6.07 Å². The predicted octanol–water partition coefficient (Wildman–Crippen LogP) is 2.69. The van der Waals surface area contributed by atoms with Gasteiger partial charge in [0.2, 0.25) is 0 Å². The van der Waals surface area contributed by atoms with Crippen molar-refractivity contribution >= 4 is 5.91 Å².